The molecule has 3 aromatic rings. The Balaban J connectivity index is 1.43. The van der Waals surface area contributed by atoms with E-state index in [2.05, 4.69) is 15.2 Å². The first-order valence-corrected chi connectivity index (χ1v) is 14.3. The van der Waals surface area contributed by atoms with Gasteiger partial charge < -0.3 is 24.6 Å². The third-order valence-corrected chi connectivity index (χ3v) is 8.43. The number of rotatable bonds is 8. The van der Waals surface area contributed by atoms with Crippen LogP contribution in [-0.2, 0) is 16.4 Å². The second kappa shape index (κ2) is 12.2. The maximum atomic E-state index is 14.1. The summed E-state index contributed by atoms with van der Waals surface area (Å²) in [6, 6.07) is 15.5. The van der Waals surface area contributed by atoms with Crippen LogP contribution >= 0.6 is 0 Å². The molecular weight excluding hydrogens is 545 g/mol. The lowest BCUT2D eigenvalue weighted by Crippen LogP contribution is -2.54. The van der Waals surface area contributed by atoms with Gasteiger partial charge in [0.15, 0.2) is 0 Å². The Bertz CT molecular complexity index is 1390. The van der Waals surface area contributed by atoms with Gasteiger partial charge in [-0.05, 0) is 81.2 Å². The van der Waals surface area contributed by atoms with Crippen LogP contribution in [0.2, 0.25) is 0 Å². The minimum atomic E-state index is -4.46. The average Bonchev–Trinajstić information content (AvgIpc) is 3.41. The van der Waals surface area contributed by atoms with E-state index in [9.17, 15) is 18.0 Å². The molecule has 42 heavy (non-hydrogen) atoms. The largest absolute Gasteiger partial charge is 0.495 e. The first kappa shape index (κ1) is 29.7. The van der Waals surface area contributed by atoms with Crippen molar-refractivity contribution in [2.24, 2.45) is 0 Å². The maximum absolute atomic E-state index is 14.1. The van der Waals surface area contributed by atoms with Crippen molar-refractivity contribution < 1.29 is 27.4 Å². The summed E-state index contributed by atoms with van der Waals surface area (Å²) >= 11 is 0. The van der Waals surface area contributed by atoms with Crippen LogP contribution in [0.25, 0.3) is 11.1 Å². The van der Waals surface area contributed by atoms with Crippen molar-refractivity contribution in [2.75, 3.05) is 51.8 Å². The number of aromatic nitrogens is 1. The first-order valence-electron chi connectivity index (χ1n) is 14.3. The molecule has 0 bridgehead atoms. The molecule has 0 aliphatic carbocycles. The Kier molecular flexibility index (Phi) is 8.63. The van der Waals surface area contributed by atoms with Crippen LogP contribution in [0.4, 0.5) is 18.9 Å². The van der Waals surface area contributed by atoms with Crippen LogP contribution < -0.4 is 19.7 Å². The quantitative estimate of drug-likeness (QED) is 0.377. The standard InChI is InChI=1S/C32H37F3N4O3/c1-4-42-29-26(6-5-16-36-29)22-7-9-23(10-8-22)31(30(40)37-25-13-17-38(2)21-25)14-18-39(19-15-31)27-12-11-24(32(33,34)35)20-28(27)41-3/h5-12,16,20,25H,4,13-15,17-19,21H2,1-3H3,(H,37,40)/t25-/m1/s1. The van der Waals surface area contributed by atoms with Crippen LogP contribution in [0.3, 0.4) is 0 Å². The van der Waals surface area contributed by atoms with E-state index in [1.54, 1.807) is 6.20 Å². The van der Waals surface area contributed by atoms with E-state index in [-0.39, 0.29) is 17.7 Å². The van der Waals surface area contributed by atoms with Crippen molar-refractivity contribution in [3.63, 3.8) is 0 Å². The van der Waals surface area contributed by atoms with Crippen molar-refractivity contribution >= 4 is 11.6 Å². The zero-order valence-corrected chi connectivity index (χ0v) is 24.2. The fourth-order valence-electron chi connectivity index (χ4n) is 6.10. The number of pyridine rings is 1. The third-order valence-electron chi connectivity index (χ3n) is 8.43. The number of piperidine rings is 1. The molecule has 2 saturated heterocycles. The highest BCUT2D eigenvalue weighted by molar-refractivity contribution is 5.89. The lowest BCUT2D eigenvalue weighted by atomic mass is 9.71. The van der Waals surface area contributed by atoms with Gasteiger partial charge in [0.2, 0.25) is 11.8 Å². The zero-order chi connectivity index (χ0) is 29.9. The Hall–Kier alpha value is -3.79. The van der Waals surface area contributed by atoms with E-state index in [1.807, 2.05) is 55.3 Å². The van der Waals surface area contributed by atoms with Crippen LogP contribution in [0.15, 0.2) is 60.8 Å². The molecule has 0 spiro atoms. The third kappa shape index (κ3) is 6.04. The number of nitrogens with one attached hydrogen (secondary N) is 1. The van der Waals surface area contributed by atoms with Gasteiger partial charge in [-0.25, -0.2) is 4.98 Å². The Labute approximate surface area is 244 Å². The van der Waals surface area contributed by atoms with Gasteiger partial charge in [-0.3, -0.25) is 4.79 Å². The average molecular weight is 583 g/mol. The van der Waals surface area contributed by atoms with E-state index in [0.29, 0.717) is 44.1 Å². The van der Waals surface area contributed by atoms with Crippen molar-refractivity contribution in [3.05, 3.63) is 71.9 Å². The highest BCUT2D eigenvalue weighted by atomic mass is 19.4. The van der Waals surface area contributed by atoms with Crippen LogP contribution in [0.1, 0.15) is 37.3 Å². The van der Waals surface area contributed by atoms with Crippen LogP contribution in [0.5, 0.6) is 11.6 Å². The molecule has 3 heterocycles. The number of alkyl halides is 3. The molecule has 1 aromatic heterocycles. The second-order valence-corrected chi connectivity index (χ2v) is 11.0. The summed E-state index contributed by atoms with van der Waals surface area (Å²) in [6.07, 6.45) is -0.861. The molecule has 2 aliphatic heterocycles. The number of amides is 1. The number of ether oxygens (including phenoxy) is 2. The fourth-order valence-corrected chi connectivity index (χ4v) is 6.10. The summed E-state index contributed by atoms with van der Waals surface area (Å²) in [5.41, 5.74) is 1.78. The molecule has 2 aromatic carbocycles. The number of carbonyl (C=O) groups excluding carboxylic acids is 1. The Morgan fingerprint density at radius 2 is 1.83 bits per heavy atom. The molecule has 1 amide bonds. The van der Waals surface area contributed by atoms with Crippen LogP contribution in [-0.4, -0.2) is 68.8 Å². The zero-order valence-electron chi connectivity index (χ0n) is 24.2. The summed E-state index contributed by atoms with van der Waals surface area (Å²) in [5, 5.41) is 3.31. The van der Waals surface area contributed by atoms with Gasteiger partial charge >= 0.3 is 6.18 Å². The smallest absolute Gasteiger partial charge is 0.416 e. The minimum Gasteiger partial charge on any atom is -0.495 e. The molecule has 2 fully saturated rings. The van der Waals surface area contributed by atoms with E-state index < -0.39 is 17.2 Å². The molecular formula is C32H37F3N4O3. The number of likely N-dealkylation sites (N-methyl/N-ethyl adjacent to an activating group) is 1. The number of benzene rings is 2. The molecule has 224 valence electrons. The van der Waals surface area contributed by atoms with Gasteiger partial charge in [0.05, 0.1) is 30.4 Å². The minimum absolute atomic E-state index is 0.00836. The molecule has 2 aliphatic rings. The number of hydrogen-bond acceptors (Lipinski definition) is 6. The Morgan fingerprint density at radius 3 is 2.45 bits per heavy atom. The van der Waals surface area contributed by atoms with Crippen molar-refractivity contribution in [3.8, 4) is 22.8 Å². The van der Waals surface area contributed by atoms with Gasteiger partial charge in [0, 0.05) is 37.4 Å². The highest BCUT2D eigenvalue weighted by Crippen LogP contribution is 2.42. The molecule has 1 atom stereocenters. The van der Waals surface area contributed by atoms with E-state index in [0.717, 1.165) is 48.3 Å². The monoisotopic (exact) mass is 582 g/mol. The predicted molar refractivity (Wildman–Crippen MR) is 156 cm³/mol. The van der Waals surface area contributed by atoms with Crippen molar-refractivity contribution in [1.29, 1.82) is 0 Å². The van der Waals surface area contributed by atoms with Gasteiger partial charge in [0.25, 0.3) is 0 Å². The lowest BCUT2D eigenvalue weighted by Gasteiger charge is -2.42. The number of anilines is 1. The summed E-state index contributed by atoms with van der Waals surface area (Å²) in [4.78, 5) is 22.6. The number of hydrogen-bond donors (Lipinski definition) is 1. The van der Waals surface area contributed by atoms with Crippen molar-refractivity contribution in [2.45, 2.75) is 43.8 Å². The summed E-state index contributed by atoms with van der Waals surface area (Å²) in [6.45, 7) is 5.12. The van der Waals surface area contributed by atoms with E-state index >= 15 is 0 Å². The van der Waals surface area contributed by atoms with Gasteiger partial charge in [-0.2, -0.15) is 13.2 Å². The molecule has 5 rings (SSSR count). The fraction of sp³-hybridized carbons (Fsp3) is 0.438. The lowest BCUT2D eigenvalue weighted by molar-refractivity contribution is -0.137. The molecule has 7 nitrogen and oxygen atoms in total. The normalized spacial score (nSPS) is 19.0. The van der Waals surface area contributed by atoms with E-state index in [4.69, 9.17) is 9.47 Å². The molecule has 0 unspecified atom stereocenters. The van der Waals surface area contributed by atoms with E-state index in [1.165, 1.54) is 13.2 Å². The predicted octanol–water partition coefficient (Wildman–Crippen LogP) is 5.53. The number of methoxy groups -OCH3 is 1. The molecule has 10 heteroatoms. The van der Waals surface area contributed by atoms with Crippen LogP contribution in [0, 0.1) is 0 Å². The second-order valence-electron chi connectivity index (χ2n) is 11.0. The highest BCUT2D eigenvalue weighted by Gasteiger charge is 2.44. The number of nitrogens with zero attached hydrogens (tertiary/aromatic N) is 3. The van der Waals surface area contributed by atoms with Crippen molar-refractivity contribution in [1.82, 2.24) is 15.2 Å². The van der Waals surface area contributed by atoms with Gasteiger partial charge in [-0.15, -0.1) is 0 Å². The topological polar surface area (TPSA) is 66.9 Å². The Morgan fingerprint density at radius 1 is 1.10 bits per heavy atom. The summed E-state index contributed by atoms with van der Waals surface area (Å²) < 4.78 is 51.0. The first-order chi connectivity index (χ1) is 20.1. The van der Waals surface area contributed by atoms with Gasteiger partial charge in [0.1, 0.15) is 5.75 Å². The molecule has 0 radical (unpaired) electrons. The van der Waals surface area contributed by atoms with Gasteiger partial charge in [-0.1, -0.05) is 24.3 Å². The molecule has 0 saturated carbocycles. The SMILES string of the molecule is CCOc1ncccc1-c1ccc(C2(C(=O)N[C@@H]3CCN(C)C3)CCN(c3ccc(C(F)(F)F)cc3OC)CC2)cc1. The number of carbonyl (C=O) groups is 1. The molecule has 1 N–H and O–H groups in total. The summed E-state index contributed by atoms with van der Waals surface area (Å²) in [7, 11) is 3.42. The number of likely N-dealkylation sites (tertiary alicyclic amines) is 1. The number of halogens is 3. The summed E-state index contributed by atoms with van der Waals surface area (Å²) in [5.74, 6) is 0.719. The maximum Gasteiger partial charge on any atom is 0.416 e.